The lowest BCUT2D eigenvalue weighted by Gasteiger charge is -2.11. The molecule has 0 aliphatic heterocycles. The lowest BCUT2D eigenvalue weighted by Crippen LogP contribution is -2.17. The molecule has 0 atom stereocenters. The molecule has 0 spiro atoms. The van der Waals surface area contributed by atoms with Crippen molar-refractivity contribution in [1.29, 1.82) is 0 Å². The van der Waals surface area contributed by atoms with Gasteiger partial charge in [-0.15, -0.1) is 13.2 Å². The van der Waals surface area contributed by atoms with Crippen LogP contribution in [0.4, 0.5) is 13.2 Å². The van der Waals surface area contributed by atoms with E-state index < -0.39 is 6.36 Å². The minimum Gasteiger partial charge on any atom is -0.406 e. The summed E-state index contributed by atoms with van der Waals surface area (Å²) in [6.07, 6.45) is -1.90. The normalized spacial score (nSPS) is 12.0. The molecule has 1 N–H and O–H groups in total. The fraction of sp³-hybridized carbons (Fsp3) is 0.0625. The van der Waals surface area contributed by atoms with Crippen LogP contribution in [0, 0.1) is 0 Å². The topological polar surface area (TPSA) is 72.8 Å². The van der Waals surface area contributed by atoms with Crippen molar-refractivity contribution in [3.8, 4) is 11.4 Å². The van der Waals surface area contributed by atoms with Gasteiger partial charge < -0.3 is 9.72 Å². The second-order valence-electron chi connectivity index (χ2n) is 5.22. The molecule has 0 fully saturated rings. The van der Waals surface area contributed by atoms with Gasteiger partial charge in [-0.2, -0.15) is 5.10 Å². The largest absolute Gasteiger partial charge is 0.573 e. The molecule has 0 unspecified atom stereocenters. The molecule has 25 heavy (non-hydrogen) atoms. The first-order valence-corrected chi connectivity index (χ1v) is 7.13. The summed E-state index contributed by atoms with van der Waals surface area (Å²) in [6, 6.07) is 8.81. The van der Waals surface area contributed by atoms with Crippen LogP contribution in [0.25, 0.3) is 27.6 Å². The van der Waals surface area contributed by atoms with Crippen LogP contribution in [0.3, 0.4) is 0 Å². The van der Waals surface area contributed by atoms with Crippen LogP contribution in [-0.2, 0) is 0 Å². The van der Waals surface area contributed by atoms with Crippen LogP contribution >= 0.6 is 0 Å². The lowest BCUT2D eigenvalue weighted by molar-refractivity contribution is -0.274. The van der Waals surface area contributed by atoms with Crippen LogP contribution < -0.4 is 10.3 Å². The summed E-state index contributed by atoms with van der Waals surface area (Å²) in [4.78, 5) is 18.9. The Morgan fingerprint density at radius 3 is 2.76 bits per heavy atom. The van der Waals surface area contributed by atoms with Gasteiger partial charge >= 0.3 is 6.36 Å². The molecule has 0 aliphatic rings. The van der Waals surface area contributed by atoms with Gasteiger partial charge in [0.15, 0.2) is 0 Å². The number of ether oxygens (including phenoxy) is 1. The summed E-state index contributed by atoms with van der Waals surface area (Å²) in [5.74, 6) is -0.374. The molecule has 0 saturated heterocycles. The Morgan fingerprint density at radius 2 is 1.96 bits per heavy atom. The van der Waals surface area contributed by atoms with Crippen molar-refractivity contribution in [3.63, 3.8) is 0 Å². The van der Waals surface area contributed by atoms with Gasteiger partial charge in [-0.05, 0) is 24.3 Å². The third kappa shape index (κ3) is 2.69. The van der Waals surface area contributed by atoms with E-state index in [0.717, 1.165) is 0 Å². The Morgan fingerprint density at radius 1 is 1.12 bits per heavy atom. The first-order chi connectivity index (χ1) is 11.9. The number of halogens is 3. The van der Waals surface area contributed by atoms with Gasteiger partial charge in [-0.1, -0.05) is 6.07 Å². The predicted octanol–water partition coefficient (Wildman–Crippen LogP) is 3.16. The Labute approximate surface area is 137 Å². The minimum atomic E-state index is -4.79. The number of aromatic nitrogens is 4. The number of nitrogens with one attached hydrogen (secondary N) is 1. The molecule has 3 aromatic heterocycles. The zero-order valence-corrected chi connectivity index (χ0v) is 12.4. The molecule has 0 aliphatic carbocycles. The summed E-state index contributed by atoms with van der Waals surface area (Å²) in [5, 5.41) is 5.08. The quantitative estimate of drug-likeness (QED) is 0.605. The average Bonchev–Trinajstić information content (AvgIpc) is 2.99. The molecular weight excluding hydrogens is 337 g/mol. The number of H-pyrrole nitrogens is 1. The maximum absolute atomic E-state index is 12.4. The Balaban J connectivity index is 1.96. The monoisotopic (exact) mass is 346 g/mol. The van der Waals surface area contributed by atoms with Crippen molar-refractivity contribution in [2.24, 2.45) is 0 Å². The number of rotatable bonds is 2. The van der Waals surface area contributed by atoms with Crippen LogP contribution in [0.2, 0.25) is 0 Å². The molecule has 4 aromatic rings. The minimum absolute atomic E-state index is 0.308. The van der Waals surface area contributed by atoms with Crippen molar-refractivity contribution in [2.75, 3.05) is 0 Å². The number of hydrogen-bond donors (Lipinski definition) is 1. The van der Waals surface area contributed by atoms with Crippen LogP contribution in [0.5, 0.6) is 5.75 Å². The average molecular weight is 346 g/mol. The number of fused-ring (bicyclic) bond motifs is 3. The van der Waals surface area contributed by atoms with Gasteiger partial charge in [0.1, 0.15) is 11.4 Å². The third-order valence-electron chi connectivity index (χ3n) is 3.60. The smallest absolute Gasteiger partial charge is 0.406 e. The molecule has 4 rings (SSSR count). The number of pyridine rings is 2. The van der Waals surface area contributed by atoms with Crippen molar-refractivity contribution < 1.29 is 17.9 Å². The zero-order chi connectivity index (χ0) is 17.6. The molecule has 9 heteroatoms. The highest BCUT2D eigenvalue weighted by Crippen LogP contribution is 2.27. The van der Waals surface area contributed by atoms with E-state index in [2.05, 4.69) is 19.8 Å². The molecule has 6 nitrogen and oxygen atoms in total. The second kappa shape index (κ2) is 5.33. The molecule has 126 valence electrons. The van der Waals surface area contributed by atoms with E-state index in [9.17, 15) is 18.0 Å². The van der Waals surface area contributed by atoms with Crippen molar-refractivity contribution in [1.82, 2.24) is 19.7 Å². The van der Waals surface area contributed by atoms with E-state index >= 15 is 0 Å². The van der Waals surface area contributed by atoms with Crippen molar-refractivity contribution in [2.45, 2.75) is 6.36 Å². The Kier molecular flexibility index (Phi) is 3.24. The van der Waals surface area contributed by atoms with E-state index in [1.54, 1.807) is 18.2 Å². The van der Waals surface area contributed by atoms with Gasteiger partial charge in [0, 0.05) is 17.6 Å². The molecule has 1 aromatic carbocycles. The molecule has 3 heterocycles. The van der Waals surface area contributed by atoms with Crippen LogP contribution in [-0.4, -0.2) is 26.1 Å². The van der Waals surface area contributed by atoms with Gasteiger partial charge in [-0.3, -0.25) is 4.79 Å². The fourth-order valence-corrected chi connectivity index (χ4v) is 2.65. The van der Waals surface area contributed by atoms with Gasteiger partial charge in [0.2, 0.25) is 0 Å². The van der Waals surface area contributed by atoms with Crippen molar-refractivity contribution in [3.05, 3.63) is 59.1 Å². The predicted molar refractivity (Wildman–Crippen MR) is 83.7 cm³/mol. The highest BCUT2D eigenvalue weighted by atomic mass is 19.4. The summed E-state index contributed by atoms with van der Waals surface area (Å²) < 4.78 is 42.6. The van der Waals surface area contributed by atoms with E-state index in [1.165, 1.54) is 35.3 Å². The third-order valence-corrected chi connectivity index (χ3v) is 3.60. The van der Waals surface area contributed by atoms with Gasteiger partial charge in [-0.25, -0.2) is 9.67 Å². The summed E-state index contributed by atoms with van der Waals surface area (Å²) in [5.41, 5.74) is 0.767. The zero-order valence-electron chi connectivity index (χ0n) is 12.4. The maximum Gasteiger partial charge on any atom is 0.573 e. The van der Waals surface area contributed by atoms with E-state index in [-0.39, 0.29) is 11.3 Å². The Bertz CT molecular complexity index is 1150. The summed E-state index contributed by atoms with van der Waals surface area (Å²) >= 11 is 0. The van der Waals surface area contributed by atoms with Crippen LogP contribution in [0.15, 0.2) is 53.6 Å². The number of nitrogens with zero attached hydrogens (tertiary/aromatic N) is 3. The fourth-order valence-electron chi connectivity index (χ4n) is 2.65. The summed E-state index contributed by atoms with van der Waals surface area (Å²) in [6.45, 7) is 0. The number of aromatic amines is 1. The second-order valence-corrected chi connectivity index (χ2v) is 5.22. The number of alkyl halides is 3. The first-order valence-electron chi connectivity index (χ1n) is 7.13. The van der Waals surface area contributed by atoms with Crippen LogP contribution in [0.1, 0.15) is 0 Å². The van der Waals surface area contributed by atoms with E-state index in [1.807, 2.05) is 0 Å². The molecule has 0 saturated carbocycles. The number of hydrogen-bond acceptors (Lipinski definition) is 4. The van der Waals surface area contributed by atoms with Gasteiger partial charge in [0.05, 0.1) is 22.8 Å². The van der Waals surface area contributed by atoms with Gasteiger partial charge in [0.25, 0.3) is 5.56 Å². The maximum atomic E-state index is 12.4. The number of benzene rings is 1. The standard InChI is InChI=1S/C16H9F3N4O2/c17-16(18,19)25-10-4-1-3-9(7-10)23-13-11-5-2-6-20-14(11)22-15(24)12(13)8-21-23/h1-8H,(H,20,22,24). The highest BCUT2D eigenvalue weighted by molar-refractivity contribution is 6.02. The van der Waals surface area contributed by atoms with E-state index in [0.29, 0.717) is 27.6 Å². The van der Waals surface area contributed by atoms with Crippen molar-refractivity contribution >= 4 is 21.9 Å². The first kappa shape index (κ1) is 15.2. The van der Waals surface area contributed by atoms with E-state index in [4.69, 9.17) is 0 Å². The lowest BCUT2D eigenvalue weighted by atomic mass is 10.2. The molecule has 0 radical (unpaired) electrons. The molecule has 0 amide bonds. The molecule has 0 bridgehead atoms. The SMILES string of the molecule is O=c1[nH]c2ncccc2c2c1cnn2-c1cccc(OC(F)(F)F)c1. The highest BCUT2D eigenvalue weighted by Gasteiger charge is 2.31. The Hall–Kier alpha value is -3.36. The summed E-state index contributed by atoms with van der Waals surface area (Å²) in [7, 11) is 0. The molecular formula is C16H9F3N4O2.